The predicted molar refractivity (Wildman–Crippen MR) is 504 cm³/mol. The minimum atomic E-state index is -2.98. The number of hydrogen-bond donors (Lipinski definition) is 0. The Labute approximate surface area is 683 Å². The molecule has 0 fully saturated rings. The molecule has 116 heavy (non-hydrogen) atoms. The zero-order valence-corrected chi connectivity index (χ0v) is 68.9. The van der Waals surface area contributed by atoms with E-state index in [0.717, 1.165) is 11.4 Å². The summed E-state index contributed by atoms with van der Waals surface area (Å²) >= 11 is 0. The van der Waals surface area contributed by atoms with Crippen LogP contribution in [0.4, 0.5) is 0 Å². The molecule has 20 rings (SSSR count). The molecule has 0 saturated carbocycles. The second-order valence-corrected chi connectivity index (χ2v) is 46.2. The Hall–Kier alpha value is -13.6. The van der Waals surface area contributed by atoms with Gasteiger partial charge in [0.2, 0.25) is 0 Å². The Morgan fingerprint density at radius 1 is 0.147 bits per heavy atom. The molecule has 2 nitrogen and oxygen atoms in total. The number of aromatic nitrogens is 2. The highest BCUT2D eigenvalue weighted by Gasteiger charge is 2.46. The molecule has 20 aromatic rings. The average Bonchev–Trinajstić information content (AvgIpc) is 1.26. The van der Waals surface area contributed by atoms with E-state index in [-0.39, 0.29) is 0 Å². The van der Waals surface area contributed by atoms with Gasteiger partial charge < -0.3 is 9.13 Å². The predicted octanol–water partition coefficient (Wildman–Crippen LogP) is 15.7. The van der Waals surface area contributed by atoms with Crippen LogP contribution in [0.5, 0.6) is 0 Å². The van der Waals surface area contributed by atoms with Crippen molar-refractivity contribution in [2.24, 2.45) is 0 Å². The minimum absolute atomic E-state index is 1.12. The van der Waals surface area contributed by atoms with Gasteiger partial charge in [0.1, 0.15) is 0 Å². The van der Waals surface area contributed by atoms with E-state index >= 15 is 0 Å². The van der Waals surface area contributed by atoms with Crippen LogP contribution in [0.2, 0.25) is 0 Å². The minimum Gasteiger partial charge on any atom is -0.309 e. The molecule has 2 heterocycles. The molecule has 550 valence electrons. The van der Waals surface area contributed by atoms with Crippen molar-refractivity contribution in [3.8, 4) is 22.5 Å². The zero-order chi connectivity index (χ0) is 77.6. The lowest BCUT2D eigenvalue weighted by atomic mass is 9.95. The number of fused-ring (bicyclic) bond motifs is 6. The summed E-state index contributed by atoms with van der Waals surface area (Å²) in [6.07, 6.45) is 0. The first-order chi connectivity index (χ1) is 57.4. The van der Waals surface area contributed by atoms with Gasteiger partial charge in [-0.2, -0.15) is 0 Å². The largest absolute Gasteiger partial charge is 0.309 e. The lowest BCUT2D eigenvalue weighted by Crippen LogP contribution is -2.74. The van der Waals surface area contributed by atoms with Gasteiger partial charge >= 0.3 is 0 Å². The van der Waals surface area contributed by atoms with E-state index in [1.807, 2.05) is 0 Å². The molecule has 0 aliphatic heterocycles. The van der Waals surface area contributed by atoms with E-state index in [1.54, 1.807) is 0 Å². The molecule has 0 spiro atoms. The number of nitrogens with zero attached hydrogens (tertiary/aromatic N) is 2. The maximum atomic E-state index is 2.60. The highest BCUT2D eigenvalue weighted by molar-refractivity contribution is 7.22. The van der Waals surface area contributed by atoms with Crippen molar-refractivity contribution in [2.45, 2.75) is 13.8 Å². The Kier molecular flexibility index (Phi) is 18.5. The molecule has 0 bridgehead atoms. The van der Waals surface area contributed by atoms with Crippen LogP contribution in [0.25, 0.3) is 66.1 Å². The lowest BCUT2D eigenvalue weighted by Gasteiger charge is -2.34. The van der Waals surface area contributed by atoms with Crippen molar-refractivity contribution >= 4 is 159 Å². The van der Waals surface area contributed by atoms with Gasteiger partial charge in [0.15, 0.2) is 32.3 Å². The fraction of sp³-hybridized carbons (Fsp3) is 0.0182. The van der Waals surface area contributed by atoms with Crippen LogP contribution >= 0.6 is 0 Å². The Morgan fingerprint density at radius 3 is 0.448 bits per heavy atom. The smallest absolute Gasteiger partial charge is 0.179 e. The van der Waals surface area contributed by atoms with Gasteiger partial charge in [0, 0.05) is 32.9 Å². The first kappa shape index (κ1) is 71.5. The van der Waals surface area contributed by atoms with Gasteiger partial charge in [0.25, 0.3) is 0 Å². The highest BCUT2D eigenvalue weighted by Crippen LogP contribution is 2.38. The quantitative estimate of drug-likeness (QED) is 0.0564. The molecule has 2 aromatic heterocycles. The van der Waals surface area contributed by atoms with Gasteiger partial charge in [-0.15, -0.1) is 0 Å². The summed E-state index contributed by atoms with van der Waals surface area (Å²) in [6, 6.07) is 181. The van der Waals surface area contributed by atoms with E-state index in [2.05, 4.69) is 496 Å². The van der Waals surface area contributed by atoms with Gasteiger partial charge in [-0.05, 0) is 168 Å². The summed E-state index contributed by atoms with van der Waals surface area (Å²) in [7, 11) is -11.9. The standard InChI is InChI=1S/C110H84N2Si4/c1-81-75-83(111-107-71-65-97(113(85-39-15-3-16-40-85,86-41-17-4-18-42-86)87-43-19-5-20-44-87)77-103(107)104-78-98(66-72-108(104)111)114(88-45-21-6-22-46-88,89-47-23-7-24-48-89)90-49-25-8-26-50-90)63-69-101(81)102-70-64-84(76-82(102)2)112-109-73-67-99(115(91-51-27-9-28-52-91,92-53-29-10-30-54-92)93-55-31-11-32-56-93)79-105(109)106-80-100(68-74-110(106)112)116(94-57-33-12-34-58-94,95-59-35-13-36-60-95)96-61-37-14-38-62-96/h3-80H,1-2H3. The zero-order valence-electron chi connectivity index (χ0n) is 64.9. The fourth-order valence-corrected chi connectivity index (χ4v) is 39.1. The van der Waals surface area contributed by atoms with E-state index in [9.17, 15) is 0 Å². The summed E-state index contributed by atoms with van der Waals surface area (Å²) in [6.45, 7) is 4.62. The van der Waals surface area contributed by atoms with Gasteiger partial charge in [-0.1, -0.05) is 425 Å². The molecular formula is C110H84N2Si4. The highest BCUT2D eigenvalue weighted by atomic mass is 28.3. The van der Waals surface area contributed by atoms with E-state index < -0.39 is 32.3 Å². The van der Waals surface area contributed by atoms with Gasteiger partial charge in [0.05, 0.1) is 22.1 Å². The van der Waals surface area contributed by atoms with Crippen molar-refractivity contribution in [1.29, 1.82) is 0 Å². The molecule has 0 N–H and O–H groups in total. The number of benzene rings is 18. The maximum Gasteiger partial charge on any atom is 0.179 e. The van der Waals surface area contributed by atoms with Crippen LogP contribution in [-0.4, -0.2) is 41.4 Å². The first-order valence-corrected chi connectivity index (χ1v) is 48.4. The molecular weight excluding hydrogens is 1460 g/mol. The third-order valence-electron chi connectivity index (χ3n) is 25.0. The first-order valence-electron chi connectivity index (χ1n) is 40.4. The second kappa shape index (κ2) is 30.1. The SMILES string of the molecule is Cc1cc(-n2c3ccc([Si](c4ccccc4)(c4ccccc4)c4ccccc4)cc3c3cc([Si](c4ccccc4)(c4ccccc4)c4ccccc4)ccc32)ccc1-c1ccc(-n2c3ccc([Si](c4ccccc4)(c4ccccc4)c4ccccc4)cc3c3cc([Si](c4ccccc4)(c4ccccc4)c4ccccc4)ccc32)cc1C. The van der Waals surface area contributed by atoms with Crippen molar-refractivity contribution in [3.05, 3.63) is 484 Å². The van der Waals surface area contributed by atoms with E-state index in [1.165, 1.54) is 149 Å². The molecule has 0 atom stereocenters. The maximum absolute atomic E-state index is 2.98. The molecule has 0 aliphatic carbocycles. The molecule has 0 amide bonds. The van der Waals surface area contributed by atoms with Gasteiger partial charge in [-0.25, -0.2) is 0 Å². The molecule has 0 saturated heterocycles. The molecule has 0 radical (unpaired) electrons. The topological polar surface area (TPSA) is 9.86 Å². The van der Waals surface area contributed by atoms with Gasteiger partial charge in [-0.3, -0.25) is 0 Å². The number of aryl methyl sites for hydroxylation is 2. The molecule has 18 aromatic carbocycles. The summed E-state index contributed by atoms with van der Waals surface area (Å²) in [4.78, 5) is 0. The normalized spacial score (nSPS) is 12.1. The summed E-state index contributed by atoms with van der Waals surface area (Å²) in [5.74, 6) is 0. The third kappa shape index (κ3) is 11.6. The number of rotatable bonds is 19. The van der Waals surface area contributed by atoms with Crippen LogP contribution in [0, 0.1) is 13.8 Å². The van der Waals surface area contributed by atoms with Crippen molar-refractivity contribution in [3.63, 3.8) is 0 Å². The molecule has 0 unspecified atom stereocenters. The third-order valence-corrected chi connectivity index (χ3v) is 44.1. The van der Waals surface area contributed by atoms with Crippen LogP contribution < -0.4 is 83.0 Å². The number of hydrogen-bond acceptors (Lipinski definition) is 0. The average molecular weight is 1550 g/mol. The monoisotopic (exact) mass is 1540 g/mol. The fourth-order valence-electron chi connectivity index (χ4n) is 20.0. The molecule has 0 aliphatic rings. The summed E-state index contributed by atoms with van der Waals surface area (Å²) in [5, 5.41) is 26.5. The van der Waals surface area contributed by atoms with Crippen molar-refractivity contribution in [1.82, 2.24) is 9.13 Å². The van der Waals surface area contributed by atoms with Crippen LogP contribution in [0.3, 0.4) is 0 Å². The Bertz CT molecular complexity index is 5740. The van der Waals surface area contributed by atoms with Crippen LogP contribution in [-0.2, 0) is 0 Å². The lowest BCUT2D eigenvalue weighted by molar-refractivity contribution is 1.16. The molecule has 6 heteroatoms. The van der Waals surface area contributed by atoms with E-state index in [0.29, 0.717) is 0 Å². The van der Waals surface area contributed by atoms with Crippen molar-refractivity contribution < 1.29 is 0 Å². The van der Waals surface area contributed by atoms with Crippen LogP contribution in [0.1, 0.15) is 11.1 Å². The van der Waals surface area contributed by atoms with Crippen molar-refractivity contribution in [2.75, 3.05) is 0 Å². The van der Waals surface area contributed by atoms with E-state index in [4.69, 9.17) is 0 Å². The Morgan fingerprint density at radius 2 is 0.302 bits per heavy atom. The Balaban J connectivity index is 0.780. The second-order valence-electron chi connectivity index (χ2n) is 31.0. The van der Waals surface area contributed by atoms with Crippen LogP contribution in [0.15, 0.2) is 473 Å². The summed E-state index contributed by atoms with van der Waals surface area (Å²) < 4.78 is 5.10. The summed E-state index contributed by atoms with van der Waals surface area (Å²) in [5.41, 5.74) is 11.8.